The number of aryl methyl sites for hydroxylation is 2. The van der Waals surface area contributed by atoms with E-state index in [9.17, 15) is 0 Å². The molecule has 0 atom stereocenters. The third kappa shape index (κ3) is 4.44. The molecule has 0 radical (unpaired) electrons. The molecule has 0 unspecified atom stereocenters. The van der Waals surface area contributed by atoms with Crippen LogP contribution in [0.15, 0.2) is 121 Å². The monoisotopic (exact) mass is 434 g/mol. The van der Waals surface area contributed by atoms with Crippen molar-refractivity contribution >= 4 is 29.1 Å². The van der Waals surface area contributed by atoms with Gasteiger partial charge >= 0.3 is 0 Å². The minimum Gasteiger partial charge on any atom is -0.309 e. The minimum absolute atomic E-state index is 0.838. The number of hydrogen-bond donors (Lipinski definition) is 0. The molecular weight excluding hydrogens is 407 g/mol. The molecular formula is C30H27OP. The molecule has 4 aromatic carbocycles. The van der Waals surface area contributed by atoms with Crippen molar-refractivity contribution in [1.29, 1.82) is 0 Å². The number of allylic oxidation sites excluding steroid dienone is 2. The third-order valence-electron chi connectivity index (χ3n) is 5.72. The lowest BCUT2D eigenvalue weighted by Crippen LogP contribution is -2.17. The summed E-state index contributed by atoms with van der Waals surface area (Å²) in [5, 5.41) is 2.52. The van der Waals surface area contributed by atoms with Crippen LogP contribution in [0.4, 0.5) is 0 Å². The highest BCUT2D eigenvalue weighted by Crippen LogP contribution is 2.57. The van der Waals surface area contributed by atoms with E-state index < -0.39 is 7.14 Å². The van der Waals surface area contributed by atoms with E-state index in [0.717, 1.165) is 32.6 Å². The second-order valence-electron chi connectivity index (χ2n) is 7.86. The van der Waals surface area contributed by atoms with Crippen molar-refractivity contribution in [3.63, 3.8) is 0 Å². The van der Waals surface area contributed by atoms with Crippen molar-refractivity contribution in [2.45, 2.75) is 13.8 Å². The van der Waals surface area contributed by atoms with Crippen molar-refractivity contribution < 1.29 is 4.57 Å². The van der Waals surface area contributed by atoms with E-state index in [1.165, 1.54) is 5.56 Å². The molecule has 4 rings (SSSR count). The average Bonchev–Trinajstić information content (AvgIpc) is 2.84. The second-order valence-corrected chi connectivity index (χ2v) is 10.6. The quantitative estimate of drug-likeness (QED) is 0.229. The van der Waals surface area contributed by atoms with E-state index in [2.05, 4.69) is 44.2 Å². The Morgan fingerprint density at radius 1 is 0.625 bits per heavy atom. The summed E-state index contributed by atoms with van der Waals surface area (Å²) in [6.07, 6.45) is 6.16. The van der Waals surface area contributed by atoms with Gasteiger partial charge in [0.05, 0.1) is 0 Å². The fraction of sp³-hybridized carbons (Fsp3) is 0.0667. The molecule has 32 heavy (non-hydrogen) atoms. The van der Waals surface area contributed by atoms with Crippen LogP contribution >= 0.6 is 7.14 Å². The van der Waals surface area contributed by atoms with Crippen LogP contribution in [-0.4, -0.2) is 0 Å². The van der Waals surface area contributed by atoms with Crippen molar-refractivity contribution in [1.82, 2.24) is 0 Å². The van der Waals surface area contributed by atoms with E-state index in [1.807, 2.05) is 97.1 Å². The molecule has 0 fully saturated rings. The van der Waals surface area contributed by atoms with Crippen LogP contribution in [0.25, 0.3) is 11.4 Å². The maximum atomic E-state index is 15.1. The summed E-state index contributed by atoms with van der Waals surface area (Å²) in [5.74, 6) is 0. The summed E-state index contributed by atoms with van der Waals surface area (Å²) < 4.78 is 15.1. The Labute approximate surface area is 191 Å². The minimum atomic E-state index is -3.11. The van der Waals surface area contributed by atoms with Crippen LogP contribution < -0.4 is 10.6 Å². The molecule has 0 N–H and O–H groups in total. The van der Waals surface area contributed by atoms with Crippen LogP contribution in [-0.2, 0) is 4.57 Å². The lowest BCUT2D eigenvalue weighted by molar-refractivity contribution is 0.593. The predicted octanol–water partition coefficient (Wildman–Crippen LogP) is 7.37. The highest BCUT2D eigenvalue weighted by atomic mass is 31.2. The Hall–Kier alpha value is -3.41. The van der Waals surface area contributed by atoms with Gasteiger partial charge in [-0.1, -0.05) is 127 Å². The van der Waals surface area contributed by atoms with Crippen molar-refractivity contribution in [3.8, 4) is 0 Å². The molecule has 1 nitrogen and oxygen atoms in total. The predicted molar refractivity (Wildman–Crippen MR) is 139 cm³/mol. The summed E-state index contributed by atoms with van der Waals surface area (Å²) in [7, 11) is -3.11. The van der Waals surface area contributed by atoms with Gasteiger partial charge in [0.1, 0.15) is 0 Å². The molecule has 0 spiro atoms. The Bertz CT molecular complexity index is 1260. The van der Waals surface area contributed by atoms with Gasteiger partial charge in [-0.25, -0.2) is 0 Å². The van der Waals surface area contributed by atoms with Crippen LogP contribution in [0, 0.1) is 13.8 Å². The summed E-state index contributed by atoms with van der Waals surface area (Å²) >= 11 is 0. The first-order valence-corrected chi connectivity index (χ1v) is 12.5. The first-order chi connectivity index (χ1) is 15.6. The summed E-state index contributed by atoms with van der Waals surface area (Å²) in [4.78, 5) is 0. The van der Waals surface area contributed by atoms with Gasteiger partial charge in [-0.15, -0.1) is 0 Å². The topological polar surface area (TPSA) is 17.1 Å². The van der Waals surface area contributed by atoms with E-state index in [1.54, 1.807) is 0 Å². The van der Waals surface area contributed by atoms with Gasteiger partial charge in [0.25, 0.3) is 0 Å². The summed E-state index contributed by atoms with van der Waals surface area (Å²) in [6.45, 7) is 4.18. The molecule has 0 aliphatic carbocycles. The lowest BCUT2D eigenvalue weighted by Gasteiger charge is -2.24. The molecule has 0 aliphatic rings. The van der Waals surface area contributed by atoms with E-state index >= 15 is 4.57 Å². The molecule has 0 amide bonds. The molecule has 0 aromatic heterocycles. The highest BCUT2D eigenvalue weighted by Gasteiger charge is 2.33. The van der Waals surface area contributed by atoms with Crippen LogP contribution in [0.3, 0.4) is 0 Å². The molecule has 0 saturated heterocycles. The molecule has 2 heteroatoms. The third-order valence-corrected chi connectivity index (χ3v) is 8.84. The molecule has 158 valence electrons. The maximum absolute atomic E-state index is 15.1. The fourth-order valence-corrected chi connectivity index (χ4v) is 6.87. The molecule has 4 aromatic rings. The van der Waals surface area contributed by atoms with Crippen molar-refractivity contribution in [3.05, 3.63) is 144 Å². The Kier molecular flexibility index (Phi) is 6.69. The zero-order valence-electron chi connectivity index (χ0n) is 18.5. The molecule has 0 saturated carbocycles. The van der Waals surface area contributed by atoms with E-state index in [4.69, 9.17) is 0 Å². The van der Waals surface area contributed by atoms with Gasteiger partial charge < -0.3 is 4.57 Å². The first-order valence-electron chi connectivity index (χ1n) is 10.8. The van der Waals surface area contributed by atoms with Crippen molar-refractivity contribution in [2.24, 2.45) is 0 Å². The Balaban J connectivity index is 1.96. The fourth-order valence-electron chi connectivity index (χ4n) is 3.94. The largest absolute Gasteiger partial charge is 0.309 e. The van der Waals surface area contributed by atoms with Crippen molar-refractivity contribution in [2.75, 3.05) is 0 Å². The van der Waals surface area contributed by atoms with E-state index in [-0.39, 0.29) is 0 Å². The number of rotatable bonds is 6. The van der Waals surface area contributed by atoms with Crippen LogP contribution in [0.2, 0.25) is 0 Å². The average molecular weight is 435 g/mol. The van der Waals surface area contributed by atoms with Crippen LogP contribution in [0.1, 0.15) is 22.3 Å². The van der Waals surface area contributed by atoms with E-state index in [0.29, 0.717) is 0 Å². The van der Waals surface area contributed by atoms with Gasteiger partial charge in [-0.05, 0) is 36.1 Å². The standard InChI is InChI=1S/C30H27OP/c1-24-14-9-11-16-26(24)17-13-23-30(29-22-12-10-15-25(29)2)32(31,27-18-5-3-6-19-27)28-20-7-4-8-21-28/h3-23H,1-2H3/b17-13+,30-23+. The Morgan fingerprint density at radius 3 is 1.69 bits per heavy atom. The zero-order chi connectivity index (χ0) is 22.4. The van der Waals surface area contributed by atoms with Gasteiger partial charge in [0.15, 0.2) is 7.14 Å². The maximum Gasteiger partial charge on any atom is 0.171 e. The highest BCUT2D eigenvalue weighted by molar-refractivity contribution is 7.87. The normalized spacial score (nSPS) is 12.2. The van der Waals surface area contributed by atoms with Gasteiger partial charge in [0.2, 0.25) is 0 Å². The molecule has 0 aliphatic heterocycles. The SMILES string of the molecule is Cc1ccccc1/C=C/C=C(\c1ccccc1C)P(=O)(c1ccccc1)c1ccccc1. The summed E-state index contributed by atoms with van der Waals surface area (Å²) in [6, 6.07) is 36.2. The van der Waals surface area contributed by atoms with Gasteiger partial charge in [-0.2, -0.15) is 0 Å². The Morgan fingerprint density at radius 2 is 1.12 bits per heavy atom. The number of benzene rings is 4. The zero-order valence-corrected chi connectivity index (χ0v) is 19.4. The van der Waals surface area contributed by atoms with Gasteiger partial charge in [0, 0.05) is 15.9 Å². The molecule has 0 bridgehead atoms. The smallest absolute Gasteiger partial charge is 0.171 e. The lowest BCUT2D eigenvalue weighted by atomic mass is 10.1. The first kappa shape index (κ1) is 21.8. The van der Waals surface area contributed by atoms with Gasteiger partial charge in [-0.3, -0.25) is 0 Å². The number of hydrogen-bond acceptors (Lipinski definition) is 1. The molecule has 0 heterocycles. The summed E-state index contributed by atoms with van der Waals surface area (Å²) in [5.41, 5.74) is 4.49. The van der Waals surface area contributed by atoms with Crippen LogP contribution in [0.5, 0.6) is 0 Å². The second kappa shape index (κ2) is 9.81.